The molecular weight excluding hydrogens is 187 g/mol. The lowest BCUT2D eigenvalue weighted by Crippen LogP contribution is -2.10. The van der Waals surface area contributed by atoms with E-state index >= 15 is 0 Å². The molecule has 0 aliphatic carbocycles. The second kappa shape index (κ2) is 3.50. The molecule has 1 fully saturated rings. The lowest BCUT2D eigenvalue weighted by atomic mass is 9.97. The molecule has 68 valence electrons. The van der Waals surface area contributed by atoms with Crippen LogP contribution in [0, 0.1) is 5.82 Å². The Morgan fingerprint density at radius 2 is 2.15 bits per heavy atom. The molecule has 1 atom stereocenters. The highest BCUT2D eigenvalue weighted by Crippen LogP contribution is 2.30. The molecule has 0 radical (unpaired) electrons. The first-order chi connectivity index (χ1) is 6.29. The van der Waals surface area contributed by atoms with Gasteiger partial charge in [0.05, 0.1) is 11.7 Å². The minimum atomic E-state index is -0.261. The fourth-order valence-electron chi connectivity index (χ4n) is 1.49. The van der Waals surface area contributed by atoms with Gasteiger partial charge < -0.3 is 0 Å². The summed E-state index contributed by atoms with van der Waals surface area (Å²) >= 11 is 1.58. The molecule has 1 unspecified atom stereocenters. The van der Waals surface area contributed by atoms with Gasteiger partial charge in [0.15, 0.2) is 5.78 Å². The summed E-state index contributed by atoms with van der Waals surface area (Å²) < 4.78 is 13.3. The third-order valence-corrected chi connectivity index (χ3v) is 3.26. The molecule has 2 rings (SSSR count). The van der Waals surface area contributed by atoms with Gasteiger partial charge in [0.25, 0.3) is 0 Å². The maximum absolute atomic E-state index is 13.3. The lowest BCUT2D eigenvalue weighted by Gasteiger charge is -2.07. The van der Waals surface area contributed by atoms with Gasteiger partial charge in [0.1, 0.15) is 5.82 Å². The summed E-state index contributed by atoms with van der Waals surface area (Å²) in [6.07, 6.45) is 0. The fourth-order valence-corrected chi connectivity index (χ4v) is 2.61. The predicted octanol–water partition coefficient (Wildman–Crippen LogP) is 2.23. The van der Waals surface area contributed by atoms with Gasteiger partial charge in [-0.3, -0.25) is 4.79 Å². The van der Waals surface area contributed by atoms with E-state index in [0.717, 1.165) is 5.75 Å². The van der Waals surface area contributed by atoms with Crippen molar-refractivity contribution < 1.29 is 9.18 Å². The number of carbonyl (C=O) groups excluding carboxylic acids is 1. The molecule has 0 bridgehead atoms. The highest BCUT2D eigenvalue weighted by Gasteiger charge is 2.28. The first-order valence-corrected chi connectivity index (χ1v) is 5.29. The largest absolute Gasteiger partial charge is 0.298 e. The van der Waals surface area contributed by atoms with Gasteiger partial charge in [-0.05, 0) is 11.6 Å². The van der Waals surface area contributed by atoms with Crippen molar-refractivity contribution in [3.8, 4) is 0 Å². The van der Waals surface area contributed by atoms with Crippen LogP contribution in [0.15, 0.2) is 24.3 Å². The molecule has 1 nitrogen and oxygen atoms in total. The third-order valence-electron chi connectivity index (χ3n) is 2.20. The molecule has 1 aliphatic rings. The summed E-state index contributed by atoms with van der Waals surface area (Å²) in [5.41, 5.74) is 0.553. The quantitative estimate of drug-likeness (QED) is 0.685. The molecule has 1 heterocycles. The minimum absolute atomic E-state index is 0.148. The van der Waals surface area contributed by atoms with Crippen LogP contribution in [-0.2, 0) is 4.79 Å². The Bertz CT molecular complexity index is 337. The highest BCUT2D eigenvalue weighted by molar-refractivity contribution is 8.00. The standard InChI is InChI=1S/C10H9FOS/c11-9-4-2-1-3-7(9)8-5-13-6-10(8)12/h1-4,8H,5-6H2. The van der Waals surface area contributed by atoms with Gasteiger partial charge in [0.2, 0.25) is 0 Å². The van der Waals surface area contributed by atoms with Crippen molar-refractivity contribution in [2.24, 2.45) is 0 Å². The highest BCUT2D eigenvalue weighted by atomic mass is 32.2. The number of hydrogen-bond donors (Lipinski definition) is 0. The van der Waals surface area contributed by atoms with Crippen LogP contribution in [0.2, 0.25) is 0 Å². The summed E-state index contributed by atoms with van der Waals surface area (Å²) in [4.78, 5) is 11.3. The number of halogens is 1. The van der Waals surface area contributed by atoms with Crippen molar-refractivity contribution in [1.29, 1.82) is 0 Å². The van der Waals surface area contributed by atoms with Crippen molar-refractivity contribution in [3.05, 3.63) is 35.6 Å². The Labute approximate surface area is 80.3 Å². The van der Waals surface area contributed by atoms with Crippen LogP contribution in [0.1, 0.15) is 11.5 Å². The third kappa shape index (κ3) is 1.61. The predicted molar refractivity (Wildman–Crippen MR) is 51.5 cm³/mol. The van der Waals surface area contributed by atoms with Crippen LogP contribution < -0.4 is 0 Å². The molecule has 1 saturated heterocycles. The van der Waals surface area contributed by atoms with E-state index in [1.165, 1.54) is 6.07 Å². The van der Waals surface area contributed by atoms with Gasteiger partial charge in [-0.1, -0.05) is 18.2 Å². The molecule has 0 amide bonds. The Morgan fingerprint density at radius 1 is 1.38 bits per heavy atom. The molecule has 0 aromatic heterocycles. The molecule has 13 heavy (non-hydrogen) atoms. The maximum atomic E-state index is 13.3. The van der Waals surface area contributed by atoms with Gasteiger partial charge >= 0.3 is 0 Å². The number of thioether (sulfide) groups is 1. The summed E-state index contributed by atoms with van der Waals surface area (Å²) in [5.74, 6) is 0.920. The number of benzene rings is 1. The first kappa shape index (κ1) is 8.75. The van der Waals surface area contributed by atoms with E-state index in [0.29, 0.717) is 11.3 Å². The van der Waals surface area contributed by atoms with Crippen LogP contribution in [0.25, 0.3) is 0 Å². The Morgan fingerprint density at radius 3 is 2.77 bits per heavy atom. The topological polar surface area (TPSA) is 17.1 Å². The van der Waals surface area contributed by atoms with Crippen molar-refractivity contribution in [2.75, 3.05) is 11.5 Å². The normalized spacial score (nSPS) is 22.2. The number of rotatable bonds is 1. The van der Waals surface area contributed by atoms with E-state index in [1.54, 1.807) is 30.0 Å². The van der Waals surface area contributed by atoms with E-state index in [1.807, 2.05) is 0 Å². The minimum Gasteiger partial charge on any atom is -0.298 e. The van der Waals surface area contributed by atoms with Crippen molar-refractivity contribution in [3.63, 3.8) is 0 Å². The molecule has 0 saturated carbocycles. The summed E-state index contributed by atoms with van der Waals surface area (Å²) in [7, 11) is 0. The Kier molecular flexibility index (Phi) is 2.36. The molecule has 1 aromatic rings. The molecule has 0 spiro atoms. The number of Topliss-reactive ketones (excluding diaryl/α,β-unsaturated/α-hetero) is 1. The molecule has 1 aromatic carbocycles. The molecular formula is C10H9FOS. The SMILES string of the molecule is O=C1CSCC1c1ccccc1F. The fraction of sp³-hybridized carbons (Fsp3) is 0.300. The zero-order valence-corrected chi connectivity index (χ0v) is 7.81. The average molecular weight is 196 g/mol. The van der Waals surface area contributed by atoms with Gasteiger partial charge in [0, 0.05) is 5.75 Å². The molecule has 3 heteroatoms. The first-order valence-electron chi connectivity index (χ1n) is 4.14. The smallest absolute Gasteiger partial charge is 0.151 e. The van der Waals surface area contributed by atoms with Crippen LogP contribution in [0.5, 0.6) is 0 Å². The van der Waals surface area contributed by atoms with Crippen LogP contribution >= 0.6 is 11.8 Å². The van der Waals surface area contributed by atoms with Crippen molar-refractivity contribution in [1.82, 2.24) is 0 Å². The van der Waals surface area contributed by atoms with Crippen LogP contribution in [0.4, 0.5) is 4.39 Å². The Hall–Kier alpha value is -0.830. The summed E-state index contributed by atoms with van der Waals surface area (Å²) in [6, 6.07) is 6.52. The van der Waals surface area contributed by atoms with Crippen molar-refractivity contribution >= 4 is 17.5 Å². The monoisotopic (exact) mass is 196 g/mol. The summed E-state index contributed by atoms with van der Waals surface area (Å²) in [5, 5.41) is 0. The Balaban J connectivity index is 2.34. The summed E-state index contributed by atoms with van der Waals surface area (Å²) in [6.45, 7) is 0. The van der Waals surface area contributed by atoms with E-state index in [2.05, 4.69) is 0 Å². The average Bonchev–Trinajstić information content (AvgIpc) is 2.52. The van der Waals surface area contributed by atoms with E-state index in [9.17, 15) is 9.18 Å². The van der Waals surface area contributed by atoms with Gasteiger partial charge in [-0.2, -0.15) is 11.8 Å². The van der Waals surface area contributed by atoms with Crippen molar-refractivity contribution in [2.45, 2.75) is 5.92 Å². The lowest BCUT2D eigenvalue weighted by molar-refractivity contribution is -0.117. The van der Waals surface area contributed by atoms with Gasteiger partial charge in [-0.25, -0.2) is 4.39 Å². The van der Waals surface area contributed by atoms with E-state index in [-0.39, 0.29) is 17.5 Å². The zero-order chi connectivity index (χ0) is 9.26. The number of ketones is 1. The van der Waals surface area contributed by atoms with Crippen LogP contribution in [0.3, 0.4) is 0 Å². The molecule has 1 aliphatic heterocycles. The van der Waals surface area contributed by atoms with E-state index in [4.69, 9.17) is 0 Å². The number of hydrogen-bond acceptors (Lipinski definition) is 2. The zero-order valence-electron chi connectivity index (χ0n) is 7.00. The number of carbonyl (C=O) groups is 1. The van der Waals surface area contributed by atoms with Gasteiger partial charge in [-0.15, -0.1) is 0 Å². The molecule has 0 N–H and O–H groups in total. The maximum Gasteiger partial charge on any atom is 0.151 e. The second-order valence-corrected chi connectivity index (χ2v) is 4.09. The van der Waals surface area contributed by atoms with Crippen LogP contribution in [-0.4, -0.2) is 17.3 Å². The van der Waals surface area contributed by atoms with E-state index < -0.39 is 0 Å². The second-order valence-electron chi connectivity index (χ2n) is 3.06.